The van der Waals surface area contributed by atoms with E-state index in [0.29, 0.717) is 5.02 Å². The predicted octanol–water partition coefficient (Wildman–Crippen LogP) is 9.84. The number of nitrogens with zero attached hydrogens (tertiary/aromatic N) is 2. The molecule has 3 nitrogen and oxygen atoms in total. The van der Waals surface area contributed by atoms with Crippen LogP contribution in [0.15, 0.2) is 128 Å². The van der Waals surface area contributed by atoms with E-state index < -0.39 is 0 Å². The molecule has 0 saturated heterocycles. The van der Waals surface area contributed by atoms with Crippen molar-refractivity contribution in [2.24, 2.45) is 0 Å². The van der Waals surface area contributed by atoms with Crippen LogP contribution in [0.3, 0.4) is 0 Å². The van der Waals surface area contributed by atoms with Crippen LogP contribution in [0.5, 0.6) is 5.75 Å². The summed E-state index contributed by atoms with van der Waals surface area (Å²) in [5, 5.41) is 2.85. The fraction of sp³-hybridized carbons (Fsp3) is 0.0294. The molecule has 6 rings (SSSR count). The van der Waals surface area contributed by atoms with Gasteiger partial charge in [-0.15, -0.1) is 0 Å². The lowest BCUT2D eigenvalue weighted by Crippen LogP contribution is -2.11. The van der Waals surface area contributed by atoms with Gasteiger partial charge in [0.05, 0.1) is 7.11 Å². The smallest absolute Gasteiger partial charge is 0.137 e. The Labute approximate surface area is 231 Å². The summed E-state index contributed by atoms with van der Waals surface area (Å²) in [5.41, 5.74) is 5.90. The van der Waals surface area contributed by atoms with Gasteiger partial charge in [0.1, 0.15) is 17.4 Å². The number of fused-ring (bicyclic) bond motifs is 1. The summed E-state index contributed by atoms with van der Waals surface area (Å²) in [7, 11) is 1.66. The van der Waals surface area contributed by atoms with E-state index in [1.807, 2.05) is 77.8 Å². The second-order valence-electron chi connectivity index (χ2n) is 9.10. The highest BCUT2D eigenvalue weighted by atomic mass is 35.5. The lowest BCUT2D eigenvalue weighted by atomic mass is 9.92. The largest absolute Gasteiger partial charge is 0.496 e. The van der Waals surface area contributed by atoms with Crippen molar-refractivity contribution in [2.75, 3.05) is 12.0 Å². The molecule has 0 aliphatic heterocycles. The third-order valence-corrected chi connectivity index (χ3v) is 7.00. The molecule has 1 heterocycles. The first kappa shape index (κ1) is 24.7. The molecule has 0 spiro atoms. The van der Waals surface area contributed by atoms with Crippen molar-refractivity contribution in [3.63, 3.8) is 0 Å². The van der Waals surface area contributed by atoms with Crippen LogP contribution in [0.2, 0.25) is 5.02 Å². The second kappa shape index (κ2) is 10.6. The summed E-state index contributed by atoms with van der Waals surface area (Å²) < 4.78 is 19.3. The van der Waals surface area contributed by atoms with Crippen LogP contribution in [0.1, 0.15) is 0 Å². The van der Waals surface area contributed by atoms with E-state index >= 15 is 0 Å². The Hall–Kier alpha value is -4.67. The van der Waals surface area contributed by atoms with Gasteiger partial charge in [-0.2, -0.15) is 0 Å². The Morgan fingerprint density at radius 2 is 1.31 bits per heavy atom. The molecule has 0 bridgehead atoms. The minimum atomic E-state index is -0.276. The second-order valence-corrected chi connectivity index (χ2v) is 9.54. The van der Waals surface area contributed by atoms with Gasteiger partial charge in [-0.3, -0.25) is 4.90 Å². The summed E-state index contributed by atoms with van der Waals surface area (Å²) in [6.07, 6.45) is 1.89. The van der Waals surface area contributed by atoms with Crippen molar-refractivity contribution in [3.05, 3.63) is 138 Å². The number of anilines is 3. The molecule has 0 saturated carbocycles. The van der Waals surface area contributed by atoms with E-state index in [-0.39, 0.29) is 5.82 Å². The van der Waals surface area contributed by atoms with Crippen LogP contribution in [0, 0.1) is 5.82 Å². The topological polar surface area (TPSA) is 25.4 Å². The lowest BCUT2D eigenvalue weighted by molar-refractivity contribution is 0.416. The Morgan fingerprint density at radius 3 is 2.00 bits per heavy atom. The standard InChI is InChI=1S/C34H24ClFN2O/c1-39-33-21-24(35)12-17-32(33)31-19-18-28(29-9-5-6-10-30(29)31)23-11-20-34(37-22-23)38(26-7-3-2-4-8-26)27-15-13-25(36)14-16-27/h2-22H,1H3. The average Bonchev–Trinajstić information content (AvgIpc) is 2.99. The van der Waals surface area contributed by atoms with E-state index in [4.69, 9.17) is 21.3 Å². The predicted molar refractivity (Wildman–Crippen MR) is 159 cm³/mol. The van der Waals surface area contributed by atoms with Gasteiger partial charge in [0, 0.05) is 33.7 Å². The minimum absolute atomic E-state index is 0.276. The molecule has 1 aromatic heterocycles. The number of benzene rings is 5. The maximum Gasteiger partial charge on any atom is 0.137 e. The molecule has 0 unspecified atom stereocenters. The number of rotatable bonds is 6. The van der Waals surface area contributed by atoms with Crippen LogP contribution in [-0.2, 0) is 0 Å². The van der Waals surface area contributed by atoms with E-state index in [1.165, 1.54) is 12.1 Å². The molecule has 0 amide bonds. The normalized spacial score (nSPS) is 10.9. The van der Waals surface area contributed by atoms with Crippen LogP contribution >= 0.6 is 11.6 Å². The number of hydrogen-bond acceptors (Lipinski definition) is 3. The van der Waals surface area contributed by atoms with E-state index in [2.05, 4.69) is 30.3 Å². The molecule has 5 heteroatoms. The maximum absolute atomic E-state index is 13.7. The lowest BCUT2D eigenvalue weighted by Gasteiger charge is -2.24. The minimum Gasteiger partial charge on any atom is -0.496 e. The first-order valence-electron chi connectivity index (χ1n) is 12.6. The van der Waals surface area contributed by atoms with Crippen LogP contribution in [-0.4, -0.2) is 12.1 Å². The van der Waals surface area contributed by atoms with Crippen molar-refractivity contribution in [3.8, 4) is 28.0 Å². The van der Waals surface area contributed by atoms with Gasteiger partial charge in [0.15, 0.2) is 0 Å². The number of hydrogen-bond donors (Lipinski definition) is 0. The monoisotopic (exact) mass is 530 g/mol. The van der Waals surface area contributed by atoms with Crippen LogP contribution in [0.25, 0.3) is 33.0 Å². The third kappa shape index (κ3) is 4.83. The van der Waals surface area contributed by atoms with Gasteiger partial charge in [-0.25, -0.2) is 9.37 Å². The Bertz CT molecular complexity index is 1750. The Kier molecular flexibility index (Phi) is 6.70. The summed E-state index contributed by atoms with van der Waals surface area (Å²) >= 11 is 6.22. The maximum atomic E-state index is 13.7. The average molecular weight is 531 g/mol. The molecule has 6 aromatic rings. The number of ether oxygens (including phenoxy) is 1. The molecule has 0 fully saturated rings. The fourth-order valence-corrected chi connectivity index (χ4v) is 5.09. The highest BCUT2D eigenvalue weighted by Gasteiger charge is 2.16. The molecular formula is C34H24ClFN2O. The van der Waals surface area contributed by atoms with E-state index in [9.17, 15) is 4.39 Å². The van der Waals surface area contributed by atoms with Crippen molar-refractivity contribution in [1.82, 2.24) is 4.98 Å². The van der Waals surface area contributed by atoms with Crippen LogP contribution in [0.4, 0.5) is 21.6 Å². The van der Waals surface area contributed by atoms with Crippen molar-refractivity contribution in [2.45, 2.75) is 0 Å². The molecule has 5 aromatic carbocycles. The molecular weight excluding hydrogens is 507 g/mol. The third-order valence-electron chi connectivity index (χ3n) is 6.77. The molecule has 0 aliphatic rings. The van der Waals surface area contributed by atoms with Gasteiger partial charge >= 0.3 is 0 Å². The molecule has 0 radical (unpaired) electrons. The first-order chi connectivity index (χ1) is 19.1. The fourth-order valence-electron chi connectivity index (χ4n) is 4.93. The first-order valence-corrected chi connectivity index (χ1v) is 12.9. The highest BCUT2D eigenvalue weighted by Crippen LogP contribution is 2.40. The molecule has 39 heavy (non-hydrogen) atoms. The van der Waals surface area contributed by atoms with Gasteiger partial charge < -0.3 is 4.74 Å². The van der Waals surface area contributed by atoms with Gasteiger partial charge in [-0.1, -0.05) is 66.2 Å². The molecule has 0 atom stereocenters. The number of pyridine rings is 1. The highest BCUT2D eigenvalue weighted by molar-refractivity contribution is 6.30. The van der Waals surface area contributed by atoms with Gasteiger partial charge in [0.25, 0.3) is 0 Å². The van der Waals surface area contributed by atoms with E-state index in [0.717, 1.165) is 56.0 Å². The zero-order valence-corrected chi connectivity index (χ0v) is 21.9. The SMILES string of the molecule is COc1cc(Cl)ccc1-c1ccc(-c2ccc(N(c3ccccc3)c3ccc(F)cc3)nc2)c2ccccc12. The van der Waals surface area contributed by atoms with Crippen molar-refractivity contribution >= 4 is 39.6 Å². The Morgan fingerprint density at radius 1 is 0.667 bits per heavy atom. The summed E-state index contributed by atoms with van der Waals surface area (Å²) in [5.74, 6) is 1.19. The molecule has 0 aliphatic carbocycles. The summed E-state index contributed by atoms with van der Waals surface area (Å²) in [6, 6.07) is 38.7. The quantitative estimate of drug-likeness (QED) is 0.214. The molecule has 190 valence electrons. The van der Waals surface area contributed by atoms with Crippen molar-refractivity contribution in [1.29, 1.82) is 0 Å². The van der Waals surface area contributed by atoms with E-state index in [1.54, 1.807) is 19.2 Å². The summed E-state index contributed by atoms with van der Waals surface area (Å²) in [6.45, 7) is 0. The number of methoxy groups -OCH3 is 1. The molecule has 0 N–H and O–H groups in total. The summed E-state index contributed by atoms with van der Waals surface area (Å²) in [4.78, 5) is 6.86. The van der Waals surface area contributed by atoms with Gasteiger partial charge in [0.2, 0.25) is 0 Å². The zero-order valence-electron chi connectivity index (χ0n) is 21.2. The van der Waals surface area contributed by atoms with Gasteiger partial charge in [-0.05, 0) is 88.6 Å². The number of halogens is 2. The number of para-hydroxylation sites is 1. The van der Waals surface area contributed by atoms with Crippen LogP contribution < -0.4 is 9.64 Å². The zero-order chi connectivity index (χ0) is 26.8. The number of aromatic nitrogens is 1. The van der Waals surface area contributed by atoms with Crippen molar-refractivity contribution < 1.29 is 9.13 Å². The Balaban J connectivity index is 1.43.